The fourth-order valence-corrected chi connectivity index (χ4v) is 1.55. The summed E-state index contributed by atoms with van der Waals surface area (Å²) in [6, 6.07) is 5.50. The molecule has 0 aliphatic carbocycles. The smallest absolute Gasteiger partial charge is 0.303 e. The summed E-state index contributed by atoms with van der Waals surface area (Å²) in [6.07, 6.45) is 0.543. The lowest BCUT2D eigenvalue weighted by molar-refractivity contribution is -0.136. The van der Waals surface area contributed by atoms with Gasteiger partial charge in [0.1, 0.15) is 11.5 Å². The lowest BCUT2D eigenvalue weighted by Crippen LogP contribution is -2.02. The zero-order valence-corrected chi connectivity index (χ0v) is 10.2. The summed E-state index contributed by atoms with van der Waals surface area (Å²) in [7, 11) is 0. The van der Waals surface area contributed by atoms with E-state index >= 15 is 0 Å². The first-order valence-electron chi connectivity index (χ1n) is 5.77. The molecule has 0 aliphatic rings. The van der Waals surface area contributed by atoms with Crippen LogP contribution >= 0.6 is 0 Å². The molecule has 17 heavy (non-hydrogen) atoms. The maximum Gasteiger partial charge on any atom is 0.303 e. The van der Waals surface area contributed by atoms with E-state index in [2.05, 4.69) is 0 Å². The quantitative estimate of drug-likeness (QED) is 0.793. The van der Waals surface area contributed by atoms with E-state index in [4.69, 9.17) is 14.6 Å². The number of hydrogen-bond donors (Lipinski definition) is 1. The molecule has 1 N–H and O–H groups in total. The van der Waals surface area contributed by atoms with Crippen LogP contribution in [0.5, 0.6) is 11.5 Å². The second-order valence-electron chi connectivity index (χ2n) is 3.53. The van der Waals surface area contributed by atoms with Crippen molar-refractivity contribution in [3.63, 3.8) is 0 Å². The molecule has 0 spiro atoms. The molecule has 0 amide bonds. The summed E-state index contributed by atoms with van der Waals surface area (Å²) in [5, 5.41) is 8.70. The van der Waals surface area contributed by atoms with Gasteiger partial charge in [-0.3, -0.25) is 4.79 Å². The molecule has 0 fully saturated rings. The fourth-order valence-electron chi connectivity index (χ4n) is 1.55. The molecule has 1 aromatic carbocycles. The molecule has 4 nitrogen and oxygen atoms in total. The minimum Gasteiger partial charge on any atom is -0.494 e. The molecule has 0 heterocycles. The van der Waals surface area contributed by atoms with E-state index in [1.165, 1.54) is 0 Å². The summed E-state index contributed by atoms with van der Waals surface area (Å²) in [6.45, 7) is 4.96. The van der Waals surface area contributed by atoms with Gasteiger partial charge in [0, 0.05) is 6.42 Å². The van der Waals surface area contributed by atoms with E-state index in [1.54, 1.807) is 0 Å². The van der Waals surface area contributed by atoms with Crippen molar-refractivity contribution in [1.82, 2.24) is 0 Å². The SMILES string of the molecule is CCOc1ccc(OCC)c(CCC(=O)O)c1. The van der Waals surface area contributed by atoms with Crippen molar-refractivity contribution in [3.8, 4) is 11.5 Å². The third kappa shape index (κ3) is 4.34. The molecule has 1 rings (SSSR count). The molecule has 0 unspecified atom stereocenters. The highest BCUT2D eigenvalue weighted by atomic mass is 16.5. The molecule has 0 saturated heterocycles. The number of benzene rings is 1. The van der Waals surface area contributed by atoms with E-state index in [0.29, 0.717) is 19.6 Å². The topological polar surface area (TPSA) is 55.8 Å². The van der Waals surface area contributed by atoms with Gasteiger partial charge in [-0.2, -0.15) is 0 Å². The van der Waals surface area contributed by atoms with Crippen LogP contribution in [-0.2, 0) is 11.2 Å². The first-order chi connectivity index (χ1) is 8.17. The predicted molar refractivity (Wildman–Crippen MR) is 64.7 cm³/mol. The van der Waals surface area contributed by atoms with Crippen molar-refractivity contribution < 1.29 is 19.4 Å². The monoisotopic (exact) mass is 238 g/mol. The number of ether oxygens (including phenoxy) is 2. The Morgan fingerprint density at radius 2 is 1.94 bits per heavy atom. The highest BCUT2D eigenvalue weighted by Gasteiger charge is 2.08. The Hall–Kier alpha value is -1.71. The first kappa shape index (κ1) is 13.4. The average molecular weight is 238 g/mol. The summed E-state index contributed by atoms with van der Waals surface area (Å²) < 4.78 is 10.8. The van der Waals surface area contributed by atoms with Crippen LogP contribution in [0.1, 0.15) is 25.8 Å². The van der Waals surface area contributed by atoms with Crippen molar-refractivity contribution in [2.75, 3.05) is 13.2 Å². The Morgan fingerprint density at radius 1 is 1.24 bits per heavy atom. The molecule has 0 radical (unpaired) electrons. The fraction of sp³-hybridized carbons (Fsp3) is 0.462. The minimum absolute atomic E-state index is 0.0929. The van der Waals surface area contributed by atoms with Gasteiger partial charge in [0.15, 0.2) is 0 Å². The lowest BCUT2D eigenvalue weighted by Gasteiger charge is -2.11. The van der Waals surface area contributed by atoms with Gasteiger partial charge in [0.05, 0.1) is 13.2 Å². The van der Waals surface area contributed by atoms with Gasteiger partial charge >= 0.3 is 5.97 Å². The van der Waals surface area contributed by atoms with E-state index in [0.717, 1.165) is 17.1 Å². The minimum atomic E-state index is -0.811. The number of hydrogen-bond acceptors (Lipinski definition) is 3. The second kappa shape index (κ2) is 6.78. The van der Waals surface area contributed by atoms with Gasteiger partial charge in [0.25, 0.3) is 0 Å². The van der Waals surface area contributed by atoms with Crippen molar-refractivity contribution in [2.24, 2.45) is 0 Å². The predicted octanol–water partition coefficient (Wildman–Crippen LogP) is 2.50. The van der Waals surface area contributed by atoms with Crippen LogP contribution in [0.15, 0.2) is 18.2 Å². The lowest BCUT2D eigenvalue weighted by atomic mass is 10.1. The zero-order chi connectivity index (χ0) is 12.7. The van der Waals surface area contributed by atoms with Crippen molar-refractivity contribution in [3.05, 3.63) is 23.8 Å². The third-order valence-electron chi connectivity index (χ3n) is 2.25. The third-order valence-corrected chi connectivity index (χ3v) is 2.25. The van der Waals surface area contributed by atoms with E-state index in [-0.39, 0.29) is 6.42 Å². The Kier molecular flexibility index (Phi) is 5.33. The molecule has 1 aromatic rings. The van der Waals surface area contributed by atoms with Crippen LogP contribution in [-0.4, -0.2) is 24.3 Å². The first-order valence-corrected chi connectivity index (χ1v) is 5.77. The number of carboxylic acids is 1. The van der Waals surface area contributed by atoms with Crippen molar-refractivity contribution >= 4 is 5.97 Å². The molecule has 0 aromatic heterocycles. The Labute approximate surface area is 101 Å². The molecule has 0 aliphatic heterocycles. The number of aryl methyl sites for hydroxylation is 1. The van der Waals surface area contributed by atoms with Crippen LogP contribution in [0.4, 0.5) is 0 Å². The summed E-state index contributed by atoms with van der Waals surface area (Å²) in [4.78, 5) is 10.6. The zero-order valence-electron chi connectivity index (χ0n) is 10.2. The standard InChI is InChI=1S/C13H18O4/c1-3-16-11-6-7-12(17-4-2)10(9-11)5-8-13(14)15/h6-7,9H,3-5,8H2,1-2H3,(H,14,15). The van der Waals surface area contributed by atoms with Gasteiger partial charge in [-0.15, -0.1) is 0 Å². The van der Waals surface area contributed by atoms with Crippen LogP contribution < -0.4 is 9.47 Å². The second-order valence-corrected chi connectivity index (χ2v) is 3.53. The molecule has 0 atom stereocenters. The molecule has 4 heteroatoms. The normalized spacial score (nSPS) is 10.0. The van der Waals surface area contributed by atoms with Crippen LogP contribution in [0.2, 0.25) is 0 Å². The Morgan fingerprint density at radius 3 is 2.53 bits per heavy atom. The van der Waals surface area contributed by atoms with Gasteiger partial charge < -0.3 is 14.6 Å². The van der Waals surface area contributed by atoms with Crippen LogP contribution in [0.25, 0.3) is 0 Å². The molecule has 94 valence electrons. The van der Waals surface area contributed by atoms with Gasteiger partial charge in [0.2, 0.25) is 0 Å². The van der Waals surface area contributed by atoms with E-state index < -0.39 is 5.97 Å². The number of carbonyl (C=O) groups is 1. The average Bonchev–Trinajstić information content (AvgIpc) is 2.29. The van der Waals surface area contributed by atoms with Gasteiger partial charge in [-0.05, 0) is 44.0 Å². The Bertz CT molecular complexity index is 374. The highest BCUT2D eigenvalue weighted by molar-refractivity contribution is 5.67. The molecule has 0 saturated carbocycles. The molecular formula is C13H18O4. The summed E-state index contributed by atoms with van der Waals surface area (Å²) in [5.74, 6) is 0.669. The molecule has 0 bridgehead atoms. The van der Waals surface area contributed by atoms with Crippen molar-refractivity contribution in [2.45, 2.75) is 26.7 Å². The number of carboxylic acid groups (broad SMARTS) is 1. The van der Waals surface area contributed by atoms with Gasteiger partial charge in [-0.25, -0.2) is 0 Å². The van der Waals surface area contributed by atoms with Crippen molar-refractivity contribution in [1.29, 1.82) is 0 Å². The maximum atomic E-state index is 10.6. The number of aliphatic carboxylic acids is 1. The summed E-state index contributed by atoms with van der Waals surface area (Å²) in [5.41, 5.74) is 0.875. The largest absolute Gasteiger partial charge is 0.494 e. The maximum absolute atomic E-state index is 10.6. The van der Waals surface area contributed by atoms with E-state index in [1.807, 2.05) is 32.0 Å². The Balaban J connectivity index is 2.85. The van der Waals surface area contributed by atoms with E-state index in [9.17, 15) is 4.79 Å². The van der Waals surface area contributed by atoms with Crippen LogP contribution in [0.3, 0.4) is 0 Å². The van der Waals surface area contributed by atoms with Crippen LogP contribution in [0, 0.1) is 0 Å². The highest BCUT2D eigenvalue weighted by Crippen LogP contribution is 2.25. The number of rotatable bonds is 7. The summed E-state index contributed by atoms with van der Waals surface area (Å²) >= 11 is 0. The molecular weight excluding hydrogens is 220 g/mol. The van der Waals surface area contributed by atoms with Gasteiger partial charge in [-0.1, -0.05) is 0 Å².